The summed E-state index contributed by atoms with van der Waals surface area (Å²) in [6.07, 6.45) is 12.3. The maximum atomic E-state index is 4.30. The molecule has 1 aliphatic rings. The van der Waals surface area contributed by atoms with Crippen LogP contribution in [0.1, 0.15) is 83.3 Å². The summed E-state index contributed by atoms with van der Waals surface area (Å²) >= 11 is 0. The molecule has 1 aromatic rings. The Labute approximate surface area is 142 Å². The molecule has 1 saturated carbocycles. The Morgan fingerprint density at radius 2 is 1.87 bits per heavy atom. The van der Waals surface area contributed by atoms with Gasteiger partial charge in [-0.2, -0.15) is 0 Å². The van der Waals surface area contributed by atoms with Crippen LogP contribution < -0.4 is 0 Å². The highest BCUT2D eigenvalue weighted by atomic mass is 14.7. The fourth-order valence-corrected chi connectivity index (χ4v) is 4.12. The lowest BCUT2D eigenvalue weighted by Crippen LogP contribution is -2.17. The van der Waals surface area contributed by atoms with Crippen LogP contribution in [-0.4, -0.2) is 6.21 Å². The summed E-state index contributed by atoms with van der Waals surface area (Å²) in [5.74, 6) is 2.38. The normalized spacial score (nSPS) is 19.9. The highest BCUT2D eigenvalue weighted by molar-refractivity contribution is 5.68. The minimum Gasteiger partial charge on any atom is -0.269 e. The topological polar surface area (TPSA) is 12.4 Å². The summed E-state index contributed by atoms with van der Waals surface area (Å²) in [5, 5.41) is 0. The third kappa shape index (κ3) is 5.06. The lowest BCUT2D eigenvalue weighted by molar-refractivity contribution is 0.244. The van der Waals surface area contributed by atoms with Gasteiger partial charge in [-0.3, -0.25) is 4.99 Å². The van der Waals surface area contributed by atoms with Crippen LogP contribution in [0.4, 0.5) is 0 Å². The van der Waals surface area contributed by atoms with Crippen LogP contribution in [0.5, 0.6) is 0 Å². The summed E-state index contributed by atoms with van der Waals surface area (Å²) < 4.78 is 0. The van der Waals surface area contributed by atoms with Crippen molar-refractivity contribution < 1.29 is 0 Å². The third-order valence-electron chi connectivity index (χ3n) is 5.51. The summed E-state index contributed by atoms with van der Waals surface area (Å²) in [4.78, 5) is 4.30. The molecule has 23 heavy (non-hydrogen) atoms. The van der Waals surface area contributed by atoms with E-state index < -0.39 is 0 Å². The Morgan fingerprint density at radius 1 is 1.17 bits per heavy atom. The van der Waals surface area contributed by atoms with Gasteiger partial charge >= 0.3 is 0 Å². The van der Waals surface area contributed by atoms with Crippen LogP contribution in [0, 0.1) is 11.8 Å². The van der Waals surface area contributed by atoms with Crippen LogP contribution in [-0.2, 0) is 0 Å². The van der Waals surface area contributed by atoms with Crippen molar-refractivity contribution in [1.82, 2.24) is 0 Å². The molecule has 0 aromatic heterocycles. The molecule has 1 fully saturated rings. The first-order chi connectivity index (χ1) is 11.1. The maximum Gasteiger partial charge on any atom is 0.0299 e. The molecule has 1 heteroatoms. The van der Waals surface area contributed by atoms with Crippen molar-refractivity contribution in [2.24, 2.45) is 16.8 Å². The van der Waals surface area contributed by atoms with Gasteiger partial charge in [0, 0.05) is 12.4 Å². The highest BCUT2D eigenvalue weighted by Gasteiger charge is 2.23. The maximum absolute atomic E-state index is 4.30. The van der Waals surface area contributed by atoms with Crippen LogP contribution in [0.15, 0.2) is 35.5 Å². The Balaban J connectivity index is 2.11. The second-order valence-electron chi connectivity index (χ2n) is 7.32. The largest absolute Gasteiger partial charge is 0.269 e. The number of benzene rings is 1. The number of hydrogen-bond donors (Lipinski definition) is 0. The number of nitrogens with zero attached hydrogens (tertiary/aromatic N) is 1. The smallest absolute Gasteiger partial charge is 0.0299 e. The molecule has 0 radical (unpaired) electrons. The molecule has 0 saturated heterocycles. The van der Waals surface area contributed by atoms with E-state index in [-0.39, 0.29) is 0 Å². The molecule has 0 spiro atoms. The summed E-state index contributed by atoms with van der Waals surface area (Å²) in [7, 11) is 0. The van der Waals surface area contributed by atoms with Crippen molar-refractivity contribution in [3.63, 3.8) is 0 Å². The fourth-order valence-electron chi connectivity index (χ4n) is 4.12. The van der Waals surface area contributed by atoms with Crippen molar-refractivity contribution >= 4 is 11.8 Å². The van der Waals surface area contributed by atoms with E-state index in [0.29, 0.717) is 5.92 Å². The van der Waals surface area contributed by atoms with Gasteiger partial charge in [0.2, 0.25) is 0 Å². The molecular formula is C22H33N. The zero-order valence-corrected chi connectivity index (χ0v) is 15.4. The Morgan fingerprint density at radius 3 is 2.57 bits per heavy atom. The van der Waals surface area contributed by atoms with E-state index in [2.05, 4.69) is 50.0 Å². The lowest BCUT2D eigenvalue weighted by Gasteiger charge is -2.30. The quantitative estimate of drug-likeness (QED) is 0.509. The number of allylic oxidation sites excluding steroid dienone is 1. The molecule has 0 bridgehead atoms. The first kappa shape index (κ1) is 18.0. The van der Waals surface area contributed by atoms with E-state index in [1.807, 2.05) is 19.3 Å². The molecule has 0 aliphatic heterocycles. The lowest BCUT2D eigenvalue weighted by atomic mass is 9.76. The van der Waals surface area contributed by atoms with E-state index in [4.69, 9.17) is 0 Å². The average molecular weight is 312 g/mol. The van der Waals surface area contributed by atoms with Crippen LogP contribution in [0.25, 0.3) is 5.57 Å². The van der Waals surface area contributed by atoms with Gasteiger partial charge in [0.1, 0.15) is 0 Å². The summed E-state index contributed by atoms with van der Waals surface area (Å²) in [6.45, 7) is 9.00. The van der Waals surface area contributed by atoms with Gasteiger partial charge in [0.05, 0.1) is 0 Å². The molecule has 1 aliphatic carbocycles. The van der Waals surface area contributed by atoms with Crippen molar-refractivity contribution in [1.29, 1.82) is 0 Å². The first-order valence-corrected chi connectivity index (χ1v) is 9.37. The molecule has 0 amide bonds. The summed E-state index contributed by atoms with van der Waals surface area (Å²) in [5.41, 5.74) is 4.10. The van der Waals surface area contributed by atoms with Gasteiger partial charge < -0.3 is 0 Å². The molecule has 1 nitrogen and oxygen atoms in total. The Kier molecular flexibility index (Phi) is 7.08. The molecule has 1 aromatic carbocycles. The fraction of sp³-hybridized carbons (Fsp3) is 0.591. The van der Waals surface area contributed by atoms with E-state index in [1.54, 1.807) is 0 Å². The van der Waals surface area contributed by atoms with E-state index in [0.717, 1.165) is 11.8 Å². The molecule has 2 atom stereocenters. The van der Waals surface area contributed by atoms with Gasteiger partial charge in [-0.05, 0) is 54.7 Å². The van der Waals surface area contributed by atoms with Gasteiger partial charge in [0.15, 0.2) is 0 Å². The number of aliphatic imine (C=N–C) groups is 1. The SMILES string of the molecule is C/C=N\C=C(/C)c1ccccc1C(C)CC(C)C1CCCCC1. The van der Waals surface area contributed by atoms with E-state index in [1.165, 1.54) is 55.2 Å². The van der Waals surface area contributed by atoms with Crippen LogP contribution in [0.3, 0.4) is 0 Å². The molecule has 2 rings (SSSR count). The van der Waals surface area contributed by atoms with Crippen molar-refractivity contribution in [3.05, 3.63) is 41.6 Å². The molecule has 2 unspecified atom stereocenters. The number of rotatable bonds is 6. The highest BCUT2D eigenvalue weighted by Crippen LogP contribution is 2.37. The van der Waals surface area contributed by atoms with Crippen molar-refractivity contribution in [2.45, 2.75) is 72.1 Å². The third-order valence-corrected chi connectivity index (χ3v) is 5.51. The molecule has 126 valence electrons. The second kappa shape index (κ2) is 9.05. The molecule has 0 heterocycles. The minimum absolute atomic E-state index is 0.608. The van der Waals surface area contributed by atoms with Crippen molar-refractivity contribution in [2.75, 3.05) is 0 Å². The number of hydrogen-bond acceptors (Lipinski definition) is 1. The van der Waals surface area contributed by atoms with Crippen LogP contribution >= 0.6 is 0 Å². The molecule has 0 N–H and O–H groups in total. The average Bonchev–Trinajstić information content (AvgIpc) is 2.60. The van der Waals surface area contributed by atoms with Gasteiger partial charge in [-0.15, -0.1) is 0 Å². The zero-order chi connectivity index (χ0) is 16.7. The van der Waals surface area contributed by atoms with Gasteiger partial charge in [0.25, 0.3) is 0 Å². The second-order valence-corrected chi connectivity index (χ2v) is 7.32. The molecular weight excluding hydrogens is 278 g/mol. The first-order valence-electron chi connectivity index (χ1n) is 9.37. The van der Waals surface area contributed by atoms with Crippen molar-refractivity contribution in [3.8, 4) is 0 Å². The Bertz CT molecular complexity index is 535. The van der Waals surface area contributed by atoms with Crippen LogP contribution in [0.2, 0.25) is 0 Å². The Hall–Kier alpha value is -1.37. The predicted molar refractivity (Wildman–Crippen MR) is 103 cm³/mol. The van der Waals surface area contributed by atoms with E-state index in [9.17, 15) is 0 Å². The minimum atomic E-state index is 0.608. The standard InChI is InChI=1S/C22H33N/c1-5-23-16-19(4)22-14-10-9-13-21(22)18(3)15-17(2)20-11-7-6-8-12-20/h5,9-10,13-14,16-18,20H,6-8,11-12,15H2,1-4H3/b19-16+,23-5-. The van der Waals surface area contributed by atoms with E-state index >= 15 is 0 Å². The van der Waals surface area contributed by atoms with Gasteiger partial charge in [-0.25, -0.2) is 0 Å². The monoisotopic (exact) mass is 311 g/mol. The summed E-state index contributed by atoms with van der Waals surface area (Å²) in [6, 6.07) is 8.87. The predicted octanol–water partition coefficient (Wildman–Crippen LogP) is 6.85. The zero-order valence-electron chi connectivity index (χ0n) is 15.4. The van der Waals surface area contributed by atoms with Gasteiger partial charge in [-0.1, -0.05) is 70.2 Å².